The summed E-state index contributed by atoms with van der Waals surface area (Å²) in [5.74, 6) is 1.16. The van der Waals surface area contributed by atoms with Crippen molar-refractivity contribution >= 4 is 38.0 Å². The molecule has 3 heterocycles. The van der Waals surface area contributed by atoms with Crippen molar-refractivity contribution in [1.29, 1.82) is 0 Å². The summed E-state index contributed by atoms with van der Waals surface area (Å²) in [4.78, 5) is 22.9. The molecule has 0 aliphatic heterocycles. The van der Waals surface area contributed by atoms with Gasteiger partial charge in [-0.25, -0.2) is 0 Å². The summed E-state index contributed by atoms with van der Waals surface area (Å²) < 4.78 is 1.29. The third-order valence-electron chi connectivity index (χ3n) is 10.4. The minimum Gasteiger partial charge on any atom is -0.512 e. The Morgan fingerprint density at radius 1 is 0.868 bits per heavy atom. The zero-order chi connectivity index (χ0) is 36.8. The molecule has 0 saturated heterocycles. The van der Waals surface area contributed by atoms with Crippen molar-refractivity contribution in [2.45, 2.75) is 86.5 Å². The molecule has 7 rings (SSSR count). The number of carbonyl (C=O) groups is 1. The molecule has 4 nitrogen and oxygen atoms in total. The van der Waals surface area contributed by atoms with Crippen LogP contribution in [0.15, 0.2) is 97.0 Å². The number of aliphatic hydroxyl groups is 1. The van der Waals surface area contributed by atoms with E-state index in [-0.39, 0.29) is 43.5 Å². The van der Waals surface area contributed by atoms with Gasteiger partial charge in [-0.05, 0) is 85.1 Å². The zero-order valence-corrected chi connectivity index (χ0v) is 35.0. The molecule has 1 radical (unpaired) electrons. The van der Waals surface area contributed by atoms with Crippen molar-refractivity contribution in [3.05, 3.63) is 120 Å². The maximum Gasteiger partial charge on any atom is 0.162 e. The number of fused-ring (bicyclic) bond motifs is 6. The van der Waals surface area contributed by atoms with Gasteiger partial charge in [0.2, 0.25) is 0 Å². The molecular formula is C47H51IrN2O2S-. The SMILES string of the molecule is CC(C)Cc1cnc2c(c1)-c1sc3ccnc(-c4[c-]c5ccccc5c(-c5ccccc5)c4)c3c1CC2.CCC(CC)C(=O)/C=C(\O)C(CC)CC.[Ir]. The van der Waals surface area contributed by atoms with Crippen LogP contribution in [0.5, 0.6) is 0 Å². The minimum atomic E-state index is 0. The van der Waals surface area contributed by atoms with Gasteiger partial charge < -0.3 is 5.11 Å². The first kappa shape index (κ1) is 40.2. The number of aromatic nitrogens is 2. The van der Waals surface area contributed by atoms with Crippen LogP contribution in [-0.4, -0.2) is 20.9 Å². The molecule has 277 valence electrons. The fourth-order valence-corrected chi connectivity index (χ4v) is 8.80. The third-order valence-corrected chi connectivity index (χ3v) is 11.7. The Bertz CT molecular complexity index is 2200. The van der Waals surface area contributed by atoms with Gasteiger partial charge in [0.15, 0.2) is 5.78 Å². The summed E-state index contributed by atoms with van der Waals surface area (Å²) in [5.41, 5.74) is 9.82. The number of ketones is 1. The van der Waals surface area contributed by atoms with Crippen molar-refractivity contribution in [3.63, 3.8) is 0 Å². The van der Waals surface area contributed by atoms with Gasteiger partial charge in [0.05, 0.1) is 5.76 Å². The van der Waals surface area contributed by atoms with Crippen LogP contribution in [0.25, 0.3) is 53.7 Å². The fraction of sp³-hybridized carbons (Fsp3) is 0.340. The van der Waals surface area contributed by atoms with E-state index in [9.17, 15) is 9.90 Å². The van der Waals surface area contributed by atoms with E-state index in [0.717, 1.165) is 61.6 Å². The van der Waals surface area contributed by atoms with Crippen LogP contribution in [0.3, 0.4) is 0 Å². The smallest absolute Gasteiger partial charge is 0.162 e. The number of hydrogen-bond donors (Lipinski definition) is 1. The van der Waals surface area contributed by atoms with Crippen LogP contribution in [0.1, 0.15) is 84.0 Å². The number of thiophene rings is 1. The average molecular weight is 900 g/mol. The molecule has 0 unspecified atom stereocenters. The predicted octanol–water partition coefficient (Wildman–Crippen LogP) is 12.8. The van der Waals surface area contributed by atoms with Crippen LogP contribution >= 0.6 is 11.3 Å². The maximum absolute atomic E-state index is 11.7. The second-order valence-electron chi connectivity index (χ2n) is 14.4. The molecule has 0 saturated carbocycles. The topological polar surface area (TPSA) is 63.1 Å². The van der Waals surface area contributed by atoms with Crippen molar-refractivity contribution < 1.29 is 30.0 Å². The minimum absolute atomic E-state index is 0. The fourth-order valence-electron chi connectivity index (χ4n) is 7.52. The molecule has 53 heavy (non-hydrogen) atoms. The number of aliphatic hydroxyl groups excluding tert-OH is 1. The number of pyridine rings is 2. The van der Waals surface area contributed by atoms with Crippen LogP contribution < -0.4 is 0 Å². The Balaban J connectivity index is 0.000000290. The van der Waals surface area contributed by atoms with E-state index >= 15 is 0 Å². The number of allylic oxidation sites excluding steroid dienone is 2. The largest absolute Gasteiger partial charge is 0.512 e. The number of rotatable bonds is 11. The molecule has 1 aliphatic carbocycles. The summed E-state index contributed by atoms with van der Waals surface area (Å²) >= 11 is 1.89. The Labute approximate surface area is 333 Å². The van der Waals surface area contributed by atoms with E-state index in [0.29, 0.717) is 5.92 Å². The van der Waals surface area contributed by atoms with E-state index in [2.05, 4.69) is 98.9 Å². The normalized spacial score (nSPS) is 12.4. The molecule has 3 aromatic heterocycles. The molecule has 1 N–H and O–H groups in total. The molecule has 0 atom stereocenters. The molecule has 0 spiro atoms. The summed E-state index contributed by atoms with van der Waals surface area (Å²) in [5, 5.41) is 13.4. The molecule has 1 aliphatic rings. The molecule has 6 aromatic rings. The van der Waals surface area contributed by atoms with Gasteiger partial charge in [0, 0.05) is 76.9 Å². The third kappa shape index (κ3) is 8.89. The van der Waals surface area contributed by atoms with Gasteiger partial charge in [0.1, 0.15) is 0 Å². The molecule has 0 fully saturated rings. The molecule has 0 amide bonds. The van der Waals surface area contributed by atoms with Gasteiger partial charge in [-0.2, -0.15) is 0 Å². The number of hydrogen-bond acceptors (Lipinski definition) is 5. The second-order valence-corrected chi connectivity index (χ2v) is 15.4. The van der Waals surface area contributed by atoms with Gasteiger partial charge in [-0.1, -0.05) is 107 Å². The Hall–Kier alpha value is -3.96. The van der Waals surface area contributed by atoms with Gasteiger partial charge >= 0.3 is 0 Å². The van der Waals surface area contributed by atoms with E-state index in [1.165, 1.54) is 59.9 Å². The Kier molecular flexibility index (Phi) is 14.0. The van der Waals surface area contributed by atoms with Crippen LogP contribution in [0, 0.1) is 23.8 Å². The van der Waals surface area contributed by atoms with Gasteiger partial charge in [0.25, 0.3) is 0 Å². The van der Waals surface area contributed by atoms with Crippen molar-refractivity contribution in [2.24, 2.45) is 17.8 Å². The quantitative estimate of drug-likeness (QED) is 0.0799. The van der Waals surface area contributed by atoms with Crippen molar-refractivity contribution in [3.8, 4) is 32.8 Å². The summed E-state index contributed by atoms with van der Waals surface area (Å²) in [7, 11) is 0. The summed E-state index contributed by atoms with van der Waals surface area (Å²) in [6.07, 6.45) is 12.0. The summed E-state index contributed by atoms with van der Waals surface area (Å²) in [6.45, 7) is 12.6. The molecule has 6 heteroatoms. The van der Waals surface area contributed by atoms with Gasteiger partial charge in [-0.3, -0.25) is 14.8 Å². The average Bonchev–Trinajstić information content (AvgIpc) is 3.55. The van der Waals surface area contributed by atoms with E-state index in [4.69, 9.17) is 9.97 Å². The number of nitrogens with zero attached hydrogens (tertiary/aromatic N) is 2. The van der Waals surface area contributed by atoms with Crippen LogP contribution in [0.4, 0.5) is 0 Å². The number of benzene rings is 3. The monoisotopic (exact) mass is 900 g/mol. The first-order chi connectivity index (χ1) is 25.3. The van der Waals surface area contributed by atoms with Crippen LogP contribution in [0.2, 0.25) is 0 Å². The first-order valence-corrected chi connectivity index (χ1v) is 19.9. The number of aryl methyl sites for hydroxylation is 2. The van der Waals surface area contributed by atoms with E-state index < -0.39 is 0 Å². The van der Waals surface area contributed by atoms with E-state index in [1.54, 1.807) is 0 Å². The maximum atomic E-state index is 11.7. The molecule has 3 aromatic carbocycles. The Morgan fingerprint density at radius 2 is 1.57 bits per heavy atom. The van der Waals surface area contributed by atoms with E-state index in [1.807, 2.05) is 45.2 Å². The summed E-state index contributed by atoms with van der Waals surface area (Å²) in [6, 6.07) is 29.8. The first-order valence-electron chi connectivity index (χ1n) is 19.1. The zero-order valence-electron chi connectivity index (χ0n) is 31.8. The second kappa shape index (κ2) is 18.4. The van der Waals surface area contributed by atoms with Gasteiger partial charge in [-0.15, -0.1) is 34.9 Å². The molecule has 0 bridgehead atoms. The van der Waals surface area contributed by atoms with Crippen molar-refractivity contribution in [1.82, 2.24) is 9.97 Å². The standard InChI is InChI=1S/C34H27N2S.C13H24O2.Ir/c1-21(2)16-22-17-29-30(36-20-22)13-12-27-32-31(37-34(27)29)14-15-35-33(32)25-18-24-10-6-7-11-26(24)28(19-25)23-8-4-3-5-9-23;1-5-10(6-2)12(14)9-13(15)11(7-3)8-4;/h3-11,14-15,17,19-21H,12-13,16H2,1-2H3;9-11,14H,5-8H2,1-4H3;/q-1;;/b;12-9-;. The van der Waals surface area contributed by atoms with Crippen molar-refractivity contribution in [2.75, 3.05) is 0 Å². The molecular weight excluding hydrogens is 849 g/mol. The Morgan fingerprint density at radius 3 is 2.26 bits per heavy atom. The van der Waals surface area contributed by atoms with Crippen LogP contribution in [-0.2, 0) is 44.2 Å². The number of carbonyl (C=O) groups excluding carboxylic acids is 1. The predicted molar refractivity (Wildman–Crippen MR) is 220 cm³/mol.